The average Bonchev–Trinajstić information content (AvgIpc) is 3.41. The van der Waals surface area contributed by atoms with E-state index in [1.54, 1.807) is 24.3 Å². The molecule has 0 saturated carbocycles. The zero-order valence-electron chi connectivity index (χ0n) is 17.6. The van der Waals surface area contributed by atoms with Crippen LogP contribution in [0.25, 0.3) is 0 Å². The summed E-state index contributed by atoms with van der Waals surface area (Å²) in [6.07, 6.45) is 3.50. The molecule has 1 aliphatic heterocycles. The maximum Gasteiger partial charge on any atom is 0.273 e. The van der Waals surface area contributed by atoms with Crippen LogP contribution >= 0.6 is 11.3 Å². The van der Waals surface area contributed by atoms with E-state index in [0.29, 0.717) is 11.5 Å². The van der Waals surface area contributed by atoms with Gasteiger partial charge in [-0.1, -0.05) is 11.3 Å². The molecule has 0 atom stereocenters. The molecule has 1 aliphatic rings. The number of nitrogens with one attached hydrogen (secondary N) is 3. The summed E-state index contributed by atoms with van der Waals surface area (Å²) in [7, 11) is -3.81. The number of hydrogen-bond donors (Lipinski definition) is 3. The van der Waals surface area contributed by atoms with Crippen molar-refractivity contribution in [1.29, 1.82) is 0 Å². The van der Waals surface area contributed by atoms with E-state index in [2.05, 4.69) is 35.2 Å². The van der Waals surface area contributed by atoms with Crippen LogP contribution in [0.4, 0.5) is 28.3 Å². The topological polar surface area (TPSA) is 129 Å². The molecular weight excluding hydrogens is 450 g/mol. The fraction of sp³-hybridized carbons (Fsp3) is 0.300. The van der Waals surface area contributed by atoms with Crippen LogP contribution in [0.2, 0.25) is 0 Å². The predicted octanol–water partition coefficient (Wildman–Crippen LogP) is 3.34. The molecule has 4 rings (SSSR count). The third kappa shape index (κ3) is 5.32. The number of anilines is 5. The minimum atomic E-state index is -3.81. The van der Waals surface area contributed by atoms with Crippen molar-refractivity contribution in [1.82, 2.24) is 15.0 Å². The highest BCUT2D eigenvalue weighted by Gasteiger charge is 2.19. The first-order chi connectivity index (χ1) is 15.3. The van der Waals surface area contributed by atoms with Crippen molar-refractivity contribution in [2.75, 3.05) is 33.3 Å². The standard InChI is InChI=1S/C20H23N7O3S2/c1-13-11-17(25-19(22-13)27-9-3-4-10-27)24-15-5-7-16(8-6-15)26-32(29,30)18-12-21-20(31-18)23-14(2)28/h5-8,11-12,26H,3-4,9-10H2,1-2H3,(H,21,23,28)(H,22,24,25). The number of thiazole rings is 1. The van der Waals surface area contributed by atoms with Crippen molar-refractivity contribution < 1.29 is 13.2 Å². The van der Waals surface area contributed by atoms with Crippen molar-refractivity contribution in [2.24, 2.45) is 0 Å². The molecule has 10 nitrogen and oxygen atoms in total. The van der Waals surface area contributed by atoms with Crippen LogP contribution in [0, 0.1) is 6.92 Å². The molecule has 3 N–H and O–H groups in total. The third-order valence-electron chi connectivity index (χ3n) is 4.67. The highest BCUT2D eigenvalue weighted by atomic mass is 32.2. The Bertz CT molecular complexity index is 1220. The molecule has 2 aromatic heterocycles. The molecule has 0 radical (unpaired) electrons. The van der Waals surface area contributed by atoms with Gasteiger partial charge in [-0.3, -0.25) is 9.52 Å². The Morgan fingerprint density at radius 3 is 2.47 bits per heavy atom. The fourth-order valence-electron chi connectivity index (χ4n) is 3.24. The zero-order valence-corrected chi connectivity index (χ0v) is 19.3. The van der Waals surface area contributed by atoms with Crippen LogP contribution in [0.5, 0.6) is 0 Å². The lowest BCUT2D eigenvalue weighted by Crippen LogP contribution is -2.21. The van der Waals surface area contributed by atoms with Crippen molar-refractivity contribution in [2.45, 2.75) is 30.9 Å². The Morgan fingerprint density at radius 1 is 1.09 bits per heavy atom. The number of sulfonamides is 1. The number of aromatic nitrogens is 3. The second-order valence-corrected chi connectivity index (χ2v) is 10.3. The molecule has 0 bridgehead atoms. The lowest BCUT2D eigenvalue weighted by molar-refractivity contribution is -0.114. The number of aryl methyl sites for hydroxylation is 1. The highest BCUT2D eigenvalue weighted by molar-refractivity contribution is 7.94. The van der Waals surface area contributed by atoms with E-state index in [9.17, 15) is 13.2 Å². The van der Waals surface area contributed by atoms with Gasteiger partial charge in [0.25, 0.3) is 10.0 Å². The smallest absolute Gasteiger partial charge is 0.273 e. The molecule has 0 aliphatic carbocycles. The molecule has 168 valence electrons. The highest BCUT2D eigenvalue weighted by Crippen LogP contribution is 2.26. The first-order valence-corrected chi connectivity index (χ1v) is 12.3. The minimum absolute atomic E-state index is 0.00866. The van der Waals surface area contributed by atoms with Gasteiger partial charge in [0.1, 0.15) is 5.82 Å². The molecule has 1 aromatic carbocycles. The van der Waals surface area contributed by atoms with E-state index >= 15 is 0 Å². The van der Waals surface area contributed by atoms with Gasteiger partial charge in [-0.05, 0) is 44.0 Å². The van der Waals surface area contributed by atoms with Crippen LogP contribution < -0.4 is 20.3 Å². The Morgan fingerprint density at radius 2 is 1.78 bits per heavy atom. The molecule has 0 spiro atoms. The van der Waals surface area contributed by atoms with Crippen LogP contribution in [0.3, 0.4) is 0 Å². The molecule has 0 unspecified atom stereocenters. The quantitative estimate of drug-likeness (QED) is 0.476. The third-order valence-corrected chi connectivity index (χ3v) is 7.43. The summed E-state index contributed by atoms with van der Waals surface area (Å²) in [6.45, 7) is 5.19. The molecule has 1 saturated heterocycles. The van der Waals surface area contributed by atoms with Gasteiger partial charge < -0.3 is 15.5 Å². The average molecular weight is 474 g/mol. The van der Waals surface area contributed by atoms with E-state index in [1.807, 2.05) is 13.0 Å². The van der Waals surface area contributed by atoms with Crippen LogP contribution in [0.1, 0.15) is 25.5 Å². The van der Waals surface area contributed by atoms with Crippen LogP contribution in [-0.2, 0) is 14.8 Å². The van der Waals surface area contributed by atoms with Gasteiger partial charge in [0, 0.05) is 43.1 Å². The van der Waals surface area contributed by atoms with Crippen molar-refractivity contribution in [3.05, 3.63) is 42.2 Å². The van der Waals surface area contributed by atoms with Gasteiger partial charge >= 0.3 is 0 Å². The van der Waals surface area contributed by atoms with E-state index in [4.69, 9.17) is 0 Å². The summed E-state index contributed by atoms with van der Waals surface area (Å²) in [5.41, 5.74) is 2.04. The Kier molecular flexibility index (Phi) is 6.24. The number of carbonyl (C=O) groups is 1. The van der Waals surface area contributed by atoms with Crippen molar-refractivity contribution in [3.63, 3.8) is 0 Å². The molecule has 1 amide bonds. The molecule has 1 fully saturated rings. The first-order valence-electron chi connectivity index (χ1n) is 10.0. The molecule has 32 heavy (non-hydrogen) atoms. The van der Waals surface area contributed by atoms with Crippen LogP contribution in [-0.4, -0.2) is 42.4 Å². The van der Waals surface area contributed by atoms with E-state index in [0.717, 1.165) is 54.6 Å². The maximum atomic E-state index is 12.6. The number of nitrogens with zero attached hydrogens (tertiary/aromatic N) is 4. The predicted molar refractivity (Wildman–Crippen MR) is 125 cm³/mol. The summed E-state index contributed by atoms with van der Waals surface area (Å²) in [6, 6.07) is 8.71. The lowest BCUT2D eigenvalue weighted by Gasteiger charge is -2.17. The number of carbonyl (C=O) groups excluding carboxylic acids is 1. The largest absolute Gasteiger partial charge is 0.341 e. The van der Waals surface area contributed by atoms with Gasteiger partial charge in [0.05, 0.1) is 6.20 Å². The fourth-order valence-corrected chi connectivity index (χ4v) is 5.38. The first kappa shape index (κ1) is 22.0. The number of hydrogen-bond acceptors (Lipinski definition) is 9. The normalized spacial score (nSPS) is 13.8. The Hall–Kier alpha value is -3.25. The Labute approximate surface area is 190 Å². The van der Waals surface area contributed by atoms with Gasteiger partial charge in [-0.15, -0.1) is 0 Å². The number of benzene rings is 1. The van der Waals surface area contributed by atoms with Crippen molar-refractivity contribution >= 4 is 55.5 Å². The SMILES string of the molecule is CC(=O)Nc1ncc(S(=O)(=O)Nc2ccc(Nc3cc(C)nc(N4CCCC4)n3)cc2)s1. The monoisotopic (exact) mass is 473 g/mol. The summed E-state index contributed by atoms with van der Waals surface area (Å²) >= 11 is 0.881. The summed E-state index contributed by atoms with van der Waals surface area (Å²) in [4.78, 5) is 26.3. The zero-order chi connectivity index (χ0) is 22.7. The van der Waals surface area contributed by atoms with Crippen molar-refractivity contribution in [3.8, 4) is 0 Å². The second kappa shape index (κ2) is 9.09. The summed E-state index contributed by atoms with van der Waals surface area (Å²) in [5, 5.41) is 5.95. The summed E-state index contributed by atoms with van der Waals surface area (Å²) < 4.78 is 27.7. The van der Waals surface area contributed by atoms with E-state index < -0.39 is 10.0 Å². The molecule has 3 aromatic rings. The second-order valence-electron chi connectivity index (χ2n) is 7.36. The summed E-state index contributed by atoms with van der Waals surface area (Å²) in [5.74, 6) is 1.09. The van der Waals surface area contributed by atoms with Gasteiger partial charge in [-0.2, -0.15) is 4.98 Å². The molecular formula is C20H23N7O3S2. The van der Waals surface area contributed by atoms with Gasteiger partial charge in [0.15, 0.2) is 9.34 Å². The lowest BCUT2D eigenvalue weighted by atomic mass is 10.3. The van der Waals surface area contributed by atoms with Crippen LogP contribution in [0.15, 0.2) is 40.7 Å². The number of rotatable bonds is 7. The van der Waals surface area contributed by atoms with Gasteiger partial charge in [-0.25, -0.2) is 18.4 Å². The Balaban J connectivity index is 1.44. The van der Waals surface area contributed by atoms with Gasteiger partial charge in [0.2, 0.25) is 11.9 Å². The maximum absolute atomic E-state index is 12.6. The molecule has 12 heteroatoms. The van der Waals surface area contributed by atoms with E-state index in [1.165, 1.54) is 13.1 Å². The molecule has 3 heterocycles. The number of amides is 1. The van der Waals surface area contributed by atoms with E-state index in [-0.39, 0.29) is 15.2 Å². The minimum Gasteiger partial charge on any atom is -0.341 e.